The van der Waals surface area contributed by atoms with E-state index in [1.807, 2.05) is 0 Å². The number of nitrogens with zero attached hydrogens (tertiary/aromatic N) is 2. The summed E-state index contributed by atoms with van der Waals surface area (Å²) >= 11 is 8.84. The molecule has 0 unspecified atom stereocenters. The first-order valence-corrected chi connectivity index (χ1v) is 11.0. The van der Waals surface area contributed by atoms with E-state index >= 15 is 0 Å². The normalized spacial score (nSPS) is 21.2. The van der Waals surface area contributed by atoms with E-state index in [0.29, 0.717) is 24.4 Å². The summed E-state index contributed by atoms with van der Waals surface area (Å²) in [5.74, 6) is -3.84. The maximum Gasteiger partial charge on any atom is 0.277 e. The number of halogens is 4. The van der Waals surface area contributed by atoms with Crippen LogP contribution in [-0.4, -0.2) is 39.0 Å². The van der Waals surface area contributed by atoms with E-state index in [-0.39, 0.29) is 22.5 Å². The largest absolute Gasteiger partial charge is 0.509 e. The molecule has 2 N–H and O–H groups in total. The highest BCUT2D eigenvalue weighted by Crippen LogP contribution is 2.41. The van der Waals surface area contributed by atoms with E-state index in [2.05, 4.69) is 21.2 Å². The fourth-order valence-corrected chi connectivity index (χ4v) is 4.62. The Balaban J connectivity index is 1.70. The summed E-state index contributed by atoms with van der Waals surface area (Å²) in [6.07, 6.45) is 1.23. The van der Waals surface area contributed by atoms with Crippen LogP contribution in [-0.2, 0) is 16.1 Å². The van der Waals surface area contributed by atoms with Crippen molar-refractivity contribution in [3.05, 3.63) is 74.4 Å². The van der Waals surface area contributed by atoms with Crippen molar-refractivity contribution >= 4 is 45.0 Å². The van der Waals surface area contributed by atoms with E-state index in [4.69, 9.17) is 11.6 Å². The van der Waals surface area contributed by atoms with Crippen molar-refractivity contribution < 1.29 is 23.5 Å². The molecule has 4 rings (SSSR count). The molecule has 2 aromatic rings. The number of aliphatic hydroxyl groups is 1. The van der Waals surface area contributed by atoms with E-state index in [1.54, 1.807) is 36.2 Å². The Morgan fingerprint density at radius 2 is 1.97 bits per heavy atom. The van der Waals surface area contributed by atoms with Crippen LogP contribution >= 0.6 is 27.5 Å². The summed E-state index contributed by atoms with van der Waals surface area (Å²) in [5.41, 5.74) is -0.855. The molecule has 2 heterocycles. The Hall–Kier alpha value is -2.49. The number of carbonyl (C=O) groups excluding carboxylic acids is 2. The molecule has 0 bridgehead atoms. The number of fused-ring (bicyclic) bond motifs is 1. The maximum absolute atomic E-state index is 13.9. The lowest BCUT2D eigenvalue weighted by molar-refractivity contribution is -0.160. The summed E-state index contributed by atoms with van der Waals surface area (Å²) in [4.78, 5) is 26.4. The summed E-state index contributed by atoms with van der Waals surface area (Å²) < 4.78 is 27.4. The minimum atomic E-state index is -0.963. The van der Waals surface area contributed by atoms with Gasteiger partial charge < -0.3 is 10.4 Å². The summed E-state index contributed by atoms with van der Waals surface area (Å²) in [6, 6.07) is 8.83. The van der Waals surface area contributed by atoms with Crippen LogP contribution in [0.25, 0.3) is 0 Å². The number of carbonyl (C=O) groups is 2. The Morgan fingerprint density at radius 1 is 1.28 bits per heavy atom. The molecule has 2 aromatic carbocycles. The first-order chi connectivity index (χ1) is 15.1. The van der Waals surface area contributed by atoms with E-state index in [0.717, 1.165) is 17.7 Å². The molecule has 2 aliphatic heterocycles. The number of hydrogen-bond acceptors (Lipinski definition) is 4. The van der Waals surface area contributed by atoms with Gasteiger partial charge in [-0.3, -0.25) is 14.6 Å². The number of aliphatic hydroxyl groups excluding tert-OH is 1. The SMILES string of the molecule is C[C@]12CCCN1N(Cc1cccc(Cl)c1)C(=O)C(C(=O)Nc1cc(F)c(Br)c(F)c1)=C2O. The number of anilines is 1. The van der Waals surface area contributed by atoms with Gasteiger partial charge in [-0.1, -0.05) is 23.7 Å². The smallest absolute Gasteiger partial charge is 0.277 e. The van der Waals surface area contributed by atoms with Gasteiger partial charge in [0.15, 0.2) is 0 Å². The number of benzene rings is 2. The summed E-state index contributed by atoms with van der Waals surface area (Å²) in [7, 11) is 0. The van der Waals surface area contributed by atoms with Crippen molar-refractivity contribution in [1.82, 2.24) is 10.0 Å². The van der Waals surface area contributed by atoms with E-state index in [9.17, 15) is 23.5 Å². The molecule has 0 spiro atoms. The molecule has 168 valence electrons. The van der Waals surface area contributed by atoms with Crippen molar-refractivity contribution in [2.24, 2.45) is 0 Å². The fourth-order valence-electron chi connectivity index (χ4n) is 4.18. The van der Waals surface area contributed by atoms with E-state index < -0.39 is 34.6 Å². The average molecular weight is 527 g/mol. The number of nitrogens with one attached hydrogen (secondary N) is 1. The van der Waals surface area contributed by atoms with Crippen molar-refractivity contribution in [1.29, 1.82) is 0 Å². The molecule has 0 aromatic heterocycles. The molecule has 10 heteroatoms. The molecule has 32 heavy (non-hydrogen) atoms. The van der Waals surface area contributed by atoms with Gasteiger partial charge in [0.05, 0.1) is 16.6 Å². The van der Waals surface area contributed by atoms with Crippen LogP contribution in [0.4, 0.5) is 14.5 Å². The number of hydrogen-bond donors (Lipinski definition) is 2. The van der Waals surface area contributed by atoms with Crippen LogP contribution in [0.1, 0.15) is 25.3 Å². The summed E-state index contributed by atoms with van der Waals surface area (Å²) in [6.45, 7) is 2.41. The highest BCUT2D eigenvalue weighted by molar-refractivity contribution is 9.10. The lowest BCUT2D eigenvalue weighted by Crippen LogP contribution is -2.60. The predicted molar refractivity (Wildman–Crippen MR) is 119 cm³/mol. The van der Waals surface area contributed by atoms with Gasteiger partial charge in [0.25, 0.3) is 11.8 Å². The highest BCUT2D eigenvalue weighted by atomic mass is 79.9. The molecule has 1 fully saturated rings. The number of hydrazine groups is 1. The van der Waals surface area contributed by atoms with Crippen LogP contribution in [0.15, 0.2) is 52.2 Å². The molecule has 6 nitrogen and oxygen atoms in total. The van der Waals surface area contributed by atoms with Crippen molar-refractivity contribution in [2.75, 3.05) is 11.9 Å². The van der Waals surface area contributed by atoms with Crippen LogP contribution in [0.3, 0.4) is 0 Å². The Kier molecular flexibility index (Phi) is 6.00. The Bertz CT molecular complexity index is 1140. The third-order valence-corrected chi connectivity index (χ3v) is 6.77. The Morgan fingerprint density at radius 3 is 2.62 bits per heavy atom. The second-order valence-corrected chi connectivity index (χ2v) is 9.15. The number of amides is 2. The molecule has 1 atom stereocenters. The standard InChI is InChI=1S/C22H19BrClF2N3O3/c1-22-6-3-7-29(22)28(11-12-4-2-5-13(24)8-12)21(32)17(19(22)30)20(31)27-14-9-15(25)18(23)16(26)10-14/h2,4-5,8-10,30H,3,6-7,11H2,1H3,(H,27,31)/t22-/m1/s1. The van der Waals surface area contributed by atoms with Gasteiger partial charge in [-0.05, 0) is 65.5 Å². The van der Waals surface area contributed by atoms with Crippen LogP contribution in [0, 0.1) is 11.6 Å². The fraction of sp³-hybridized carbons (Fsp3) is 0.273. The van der Waals surface area contributed by atoms with E-state index in [1.165, 1.54) is 5.01 Å². The molecule has 1 saturated heterocycles. The van der Waals surface area contributed by atoms with Crippen LogP contribution < -0.4 is 5.32 Å². The molecule has 2 amide bonds. The van der Waals surface area contributed by atoms with Gasteiger partial charge in [-0.25, -0.2) is 13.8 Å². The second kappa shape index (κ2) is 8.46. The monoisotopic (exact) mass is 525 g/mol. The van der Waals surface area contributed by atoms with Crippen LogP contribution in [0.5, 0.6) is 0 Å². The molecule has 0 radical (unpaired) electrons. The van der Waals surface area contributed by atoms with Crippen LogP contribution in [0.2, 0.25) is 5.02 Å². The van der Waals surface area contributed by atoms with Crippen molar-refractivity contribution in [2.45, 2.75) is 31.8 Å². The molecule has 0 aliphatic carbocycles. The zero-order valence-electron chi connectivity index (χ0n) is 17.0. The number of rotatable bonds is 4. The topological polar surface area (TPSA) is 72.9 Å². The highest BCUT2D eigenvalue weighted by Gasteiger charge is 2.52. The second-order valence-electron chi connectivity index (χ2n) is 7.92. The molecule has 0 saturated carbocycles. The average Bonchev–Trinajstić information content (AvgIpc) is 3.12. The minimum Gasteiger partial charge on any atom is -0.509 e. The molecular weight excluding hydrogens is 508 g/mol. The van der Waals surface area contributed by atoms with Gasteiger partial charge in [-0.15, -0.1) is 0 Å². The van der Waals surface area contributed by atoms with Crippen molar-refractivity contribution in [3.63, 3.8) is 0 Å². The summed E-state index contributed by atoms with van der Waals surface area (Å²) in [5, 5.41) is 16.9. The zero-order chi connectivity index (χ0) is 23.2. The predicted octanol–water partition coefficient (Wildman–Crippen LogP) is 4.94. The molecule has 2 aliphatic rings. The lowest BCUT2D eigenvalue weighted by Gasteiger charge is -2.46. The van der Waals surface area contributed by atoms with Gasteiger partial charge in [-0.2, -0.15) is 0 Å². The first kappa shape index (κ1) is 22.7. The zero-order valence-corrected chi connectivity index (χ0v) is 19.3. The lowest BCUT2D eigenvalue weighted by atomic mass is 9.90. The van der Waals surface area contributed by atoms with Gasteiger partial charge >= 0.3 is 0 Å². The Labute approximate surface area is 196 Å². The first-order valence-electron chi connectivity index (χ1n) is 9.85. The van der Waals surface area contributed by atoms with Gasteiger partial charge in [0, 0.05) is 17.3 Å². The minimum absolute atomic E-state index is 0.139. The third-order valence-electron chi connectivity index (χ3n) is 5.78. The van der Waals surface area contributed by atoms with Gasteiger partial charge in [0.2, 0.25) is 0 Å². The molecular formula is C22H19BrClF2N3O3. The third kappa shape index (κ3) is 3.89. The quantitative estimate of drug-likeness (QED) is 0.437. The van der Waals surface area contributed by atoms with Crippen molar-refractivity contribution in [3.8, 4) is 0 Å². The maximum atomic E-state index is 13.9. The van der Waals surface area contributed by atoms with Gasteiger partial charge in [0.1, 0.15) is 23.0 Å².